The Balaban J connectivity index is 0.000000571. The van der Waals surface area contributed by atoms with Crippen LogP contribution in [0, 0.1) is 11.8 Å². The third-order valence-electron chi connectivity index (χ3n) is 5.31. The Morgan fingerprint density at radius 1 is 0.793 bits per heavy atom. The highest BCUT2D eigenvalue weighted by Crippen LogP contribution is 2.25. The van der Waals surface area contributed by atoms with E-state index in [1.807, 2.05) is 0 Å². The smallest absolute Gasteiger partial charge is 0.311 e. The van der Waals surface area contributed by atoms with Gasteiger partial charge in [-0.2, -0.15) is 0 Å². The molecule has 0 aromatic rings. The Kier molecular flexibility index (Phi) is 19.0. The van der Waals surface area contributed by atoms with Crippen molar-refractivity contribution >= 4 is 11.9 Å². The lowest BCUT2D eigenvalue weighted by Gasteiger charge is -2.19. The second kappa shape index (κ2) is 19.9. The molecule has 0 amide bonds. The lowest BCUT2D eigenvalue weighted by atomic mass is 9.84. The zero-order valence-corrected chi connectivity index (χ0v) is 18.7. The molecule has 1 aliphatic rings. The average Bonchev–Trinajstić information content (AvgIpc) is 2.72. The molecule has 0 fully saturated rings. The topological polar surface area (TPSA) is 83.8 Å². The first-order valence-electron chi connectivity index (χ1n) is 11.7. The minimum absolute atomic E-state index is 0.419. The number of carboxylic acids is 2. The fraction of sp³-hybridized carbons (Fsp3) is 0.833. The van der Waals surface area contributed by atoms with E-state index in [-0.39, 0.29) is 0 Å². The van der Waals surface area contributed by atoms with E-state index < -0.39 is 23.8 Å². The first-order valence-corrected chi connectivity index (χ1v) is 11.7. The van der Waals surface area contributed by atoms with E-state index in [9.17, 15) is 9.59 Å². The Morgan fingerprint density at radius 2 is 1.28 bits per heavy atom. The molecule has 0 radical (unpaired) electrons. The zero-order valence-electron chi connectivity index (χ0n) is 18.7. The van der Waals surface area contributed by atoms with Gasteiger partial charge in [0.25, 0.3) is 0 Å². The summed E-state index contributed by atoms with van der Waals surface area (Å²) in [6.07, 6.45) is 20.6. The summed E-state index contributed by atoms with van der Waals surface area (Å²) in [4.78, 5) is 21.1. The summed E-state index contributed by atoms with van der Waals surface area (Å²) >= 11 is 0. The molecule has 1 aliphatic carbocycles. The Hall–Kier alpha value is -1.36. The number of carboxylic acid groups (broad SMARTS) is 2. The van der Waals surface area contributed by atoms with Gasteiger partial charge in [-0.3, -0.25) is 9.59 Å². The summed E-state index contributed by atoms with van der Waals surface area (Å²) < 4.78 is 5.65. The van der Waals surface area contributed by atoms with Crippen LogP contribution in [0.25, 0.3) is 0 Å². The molecule has 0 aliphatic heterocycles. The average molecular weight is 413 g/mol. The number of hydrogen-bond acceptors (Lipinski definition) is 3. The number of hydrogen-bond donors (Lipinski definition) is 2. The molecular formula is C24H44O5. The summed E-state index contributed by atoms with van der Waals surface area (Å²) in [5.41, 5.74) is 0. The van der Waals surface area contributed by atoms with Gasteiger partial charge in [-0.05, 0) is 25.7 Å². The molecule has 0 saturated carbocycles. The molecule has 2 N–H and O–H groups in total. The van der Waals surface area contributed by atoms with E-state index in [1.165, 1.54) is 83.1 Å². The van der Waals surface area contributed by atoms with Crippen LogP contribution in [0.15, 0.2) is 12.2 Å². The van der Waals surface area contributed by atoms with Crippen molar-refractivity contribution in [2.75, 3.05) is 13.2 Å². The number of rotatable bonds is 16. The van der Waals surface area contributed by atoms with Crippen molar-refractivity contribution in [3.8, 4) is 0 Å². The van der Waals surface area contributed by atoms with E-state index in [0.29, 0.717) is 12.8 Å². The van der Waals surface area contributed by atoms with Gasteiger partial charge in [0.1, 0.15) is 0 Å². The van der Waals surface area contributed by atoms with Crippen LogP contribution >= 0.6 is 0 Å². The molecule has 29 heavy (non-hydrogen) atoms. The zero-order chi connectivity index (χ0) is 21.7. The van der Waals surface area contributed by atoms with E-state index >= 15 is 0 Å². The highest BCUT2D eigenvalue weighted by molar-refractivity contribution is 5.81. The maximum absolute atomic E-state index is 10.6. The fourth-order valence-electron chi connectivity index (χ4n) is 3.43. The minimum Gasteiger partial charge on any atom is -0.481 e. The van der Waals surface area contributed by atoms with Crippen LogP contribution in [0.1, 0.15) is 104 Å². The first-order chi connectivity index (χ1) is 14.0. The van der Waals surface area contributed by atoms with Crippen molar-refractivity contribution in [3.05, 3.63) is 12.2 Å². The first kappa shape index (κ1) is 27.6. The van der Waals surface area contributed by atoms with Crippen LogP contribution in [0.2, 0.25) is 0 Å². The van der Waals surface area contributed by atoms with Gasteiger partial charge in [0, 0.05) is 13.2 Å². The molecule has 0 aromatic carbocycles. The van der Waals surface area contributed by atoms with E-state index in [2.05, 4.69) is 13.8 Å². The monoisotopic (exact) mass is 412 g/mol. The van der Waals surface area contributed by atoms with Crippen molar-refractivity contribution < 1.29 is 24.5 Å². The second-order valence-electron chi connectivity index (χ2n) is 7.96. The Labute approximate surface area is 177 Å². The van der Waals surface area contributed by atoms with Crippen molar-refractivity contribution in [3.63, 3.8) is 0 Å². The third kappa shape index (κ3) is 16.2. The maximum Gasteiger partial charge on any atom is 0.311 e. The summed E-state index contributed by atoms with van der Waals surface area (Å²) in [6, 6.07) is 0. The van der Waals surface area contributed by atoms with E-state index in [0.717, 1.165) is 13.2 Å². The molecule has 5 heteroatoms. The predicted molar refractivity (Wildman–Crippen MR) is 118 cm³/mol. The van der Waals surface area contributed by atoms with Crippen LogP contribution in [0.3, 0.4) is 0 Å². The van der Waals surface area contributed by atoms with Gasteiger partial charge in [0.15, 0.2) is 0 Å². The molecule has 1 rings (SSSR count). The number of ether oxygens (including phenoxy) is 1. The standard InChI is InChI=1S/C16H34O.C8H10O4/c1-3-5-7-9-11-13-15-17-16-14-12-10-8-6-4-2;9-7(10)5-3-1-2-4-6(5)8(11)12/h3-16H2,1-2H3;1,3,5-6H,2,4H2,(H,9,10)(H,11,12). The predicted octanol–water partition coefficient (Wildman–Crippen LogP) is 6.46. The molecule has 170 valence electrons. The lowest BCUT2D eigenvalue weighted by molar-refractivity contribution is -0.152. The minimum atomic E-state index is -1.06. The highest BCUT2D eigenvalue weighted by Gasteiger charge is 2.32. The van der Waals surface area contributed by atoms with Gasteiger partial charge in [-0.1, -0.05) is 90.2 Å². The SMILES string of the molecule is CCCCCCCCOCCCCCCCC.O=C(O)C1C=CCCC1C(=O)O. The highest BCUT2D eigenvalue weighted by atomic mass is 16.5. The lowest BCUT2D eigenvalue weighted by Crippen LogP contribution is -2.30. The summed E-state index contributed by atoms with van der Waals surface area (Å²) in [5, 5.41) is 17.3. The van der Waals surface area contributed by atoms with Crippen molar-refractivity contribution in [1.29, 1.82) is 0 Å². The third-order valence-corrected chi connectivity index (χ3v) is 5.31. The van der Waals surface area contributed by atoms with Crippen LogP contribution in [-0.4, -0.2) is 35.4 Å². The van der Waals surface area contributed by atoms with Crippen LogP contribution in [0.4, 0.5) is 0 Å². The maximum atomic E-state index is 10.6. The van der Waals surface area contributed by atoms with Gasteiger partial charge in [0.05, 0.1) is 11.8 Å². The quantitative estimate of drug-likeness (QED) is 0.224. The Bertz CT molecular complexity index is 419. The second-order valence-corrected chi connectivity index (χ2v) is 7.96. The number of allylic oxidation sites excluding steroid dienone is 1. The summed E-state index contributed by atoms with van der Waals surface area (Å²) in [7, 11) is 0. The molecular weight excluding hydrogens is 368 g/mol. The molecule has 0 heterocycles. The molecule has 2 unspecified atom stereocenters. The van der Waals surface area contributed by atoms with Crippen molar-refractivity contribution in [2.45, 2.75) is 104 Å². The van der Waals surface area contributed by atoms with E-state index in [1.54, 1.807) is 6.08 Å². The Morgan fingerprint density at radius 3 is 1.69 bits per heavy atom. The van der Waals surface area contributed by atoms with Crippen molar-refractivity contribution in [1.82, 2.24) is 0 Å². The van der Waals surface area contributed by atoms with Gasteiger partial charge in [0.2, 0.25) is 0 Å². The van der Waals surface area contributed by atoms with E-state index in [4.69, 9.17) is 14.9 Å². The number of unbranched alkanes of at least 4 members (excludes halogenated alkanes) is 10. The number of carbonyl (C=O) groups is 2. The molecule has 0 aromatic heterocycles. The fourth-order valence-corrected chi connectivity index (χ4v) is 3.43. The normalized spacial score (nSPS) is 18.1. The number of aliphatic carboxylic acids is 2. The molecule has 0 spiro atoms. The summed E-state index contributed by atoms with van der Waals surface area (Å²) in [5.74, 6) is -3.69. The molecule has 2 atom stereocenters. The summed E-state index contributed by atoms with van der Waals surface area (Å²) in [6.45, 7) is 6.51. The van der Waals surface area contributed by atoms with Gasteiger partial charge >= 0.3 is 11.9 Å². The molecule has 0 bridgehead atoms. The van der Waals surface area contributed by atoms with Gasteiger partial charge in [-0.25, -0.2) is 0 Å². The van der Waals surface area contributed by atoms with Crippen LogP contribution in [0.5, 0.6) is 0 Å². The van der Waals surface area contributed by atoms with Crippen LogP contribution in [-0.2, 0) is 14.3 Å². The van der Waals surface area contributed by atoms with Crippen LogP contribution < -0.4 is 0 Å². The largest absolute Gasteiger partial charge is 0.481 e. The molecule has 5 nitrogen and oxygen atoms in total. The van der Waals surface area contributed by atoms with Crippen molar-refractivity contribution in [2.24, 2.45) is 11.8 Å². The van der Waals surface area contributed by atoms with Gasteiger partial charge < -0.3 is 14.9 Å². The van der Waals surface area contributed by atoms with Gasteiger partial charge in [-0.15, -0.1) is 0 Å². The molecule has 0 saturated heterocycles.